The Kier molecular flexibility index (Phi) is 5.60. The number of hydrogen-bond acceptors (Lipinski definition) is 6. The van der Waals surface area contributed by atoms with Crippen LogP contribution in [0.15, 0.2) is 55.1 Å². The van der Waals surface area contributed by atoms with E-state index >= 15 is 0 Å². The van der Waals surface area contributed by atoms with Crippen molar-refractivity contribution in [1.82, 2.24) is 29.4 Å². The fourth-order valence-corrected chi connectivity index (χ4v) is 5.20. The average molecular weight is 480 g/mol. The van der Waals surface area contributed by atoms with E-state index in [1.165, 1.54) is 0 Å². The molecule has 7 heteroatoms. The molecule has 0 spiro atoms. The molecular formula is C29H33N7. The van der Waals surface area contributed by atoms with E-state index in [1.807, 2.05) is 18.7 Å². The van der Waals surface area contributed by atoms with Crippen LogP contribution in [0.25, 0.3) is 27.9 Å². The van der Waals surface area contributed by atoms with Crippen molar-refractivity contribution in [3.63, 3.8) is 0 Å². The fourth-order valence-electron chi connectivity index (χ4n) is 5.20. The van der Waals surface area contributed by atoms with Gasteiger partial charge in [-0.3, -0.25) is 4.98 Å². The van der Waals surface area contributed by atoms with E-state index in [2.05, 4.69) is 83.5 Å². The first-order valence-electron chi connectivity index (χ1n) is 12.9. The Morgan fingerprint density at radius 1 is 0.889 bits per heavy atom. The van der Waals surface area contributed by atoms with Crippen molar-refractivity contribution in [3.05, 3.63) is 72.1 Å². The van der Waals surface area contributed by atoms with Gasteiger partial charge in [-0.25, -0.2) is 15.0 Å². The van der Waals surface area contributed by atoms with Crippen molar-refractivity contribution in [2.45, 2.75) is 39.7 Å². The van der Waals surface area contributed by atoms with Gasteiger partial charge in [0.25, 0.3) is 0 Å². The Morgan fingerprint density at radius 2 is 1.69 bits per heavy atom. The molecule has 36 heavy (non-hydrogen) atoms. The van der Waals surface area contributed by atoms with Gasteiger partial charge < -0.3 is 14.4 Å². The van der Waals surface area contributed by atoms with Crippen molar-refractivity contribution < 1.29 is 0 Å². The maximum absolute atomic E-state index is 5.07. The van der Waals surface area contributed by atoms with E-state index < -0.39 is 0 Å². The molecule has 7 nitrogen and oxygen atoms in total. The molecule has 0 unspecified atom stereocenters. The Labute approximate surface area is 212 Å². The summed E-state index contributed by atoms with van der Waals surface area (Å²) in [5.74, 6) is 1.04. The molecule has 4 heterocycles. The van der Waals surface area contributed by atoms with Gasteiger partial charge in [0.15, 0.2) is 0 Å². The highest BCUT2D eigenvalue weighted by atomic mass is 15.3. The van der Waals surface area contributed by atoms with E-state index in [-0.39, 0.29) is 5.54 Å². The van der Waals surface area contributed by atoms with Crippen LogP contribution in [-0.2, 0) is 12.0 Å². The average Bonchev–Trinajstić information content (AvgIpc) is 3.52. The minimum absolute atomic E-state index is 0.0367. The van der Waals surface area contributed by atoms with Crippen LogP contribution in [0, 0.1) is 0 Å². The van der Waals surface area contributed by atoms with E-state index in [1.54, 1.807) is 0 Å². The number of likely N-dealkylation sites (N-methyl/N-ethyl adjacent to an activating group) is 1. The third kappa shape index (κ3) is 4.07. The predicted molar refractivity (Wildman–Crippen MR) is 145 cm³/mol. The van der Waals surface area contributed by atoms with Crippen molar-refractivity contribution in [3.8, 4) is 11.3 Å². The molecule has 3 aromatic heterocycles. The minimum atomic E-state index is -0.0367. The van der Waals surface area contributed by atoms with Gasteiger partial charge in [0, 0.05) is 55.5 Å². The summed E-state index contributed by atoms with van der Waals surface area (Å²) >= 11 is 0. The summed E-state index contributed by atoms with van der Waals surface area (Å²) in [7, 11) is 0. The summed E-state index contributed by atoms with van der Waals surface area (Å²) in [6.07, 6.45) is 8.79. The van der Waals surface area contributed by atoms with Crippen molar-refractivity contribution in [1.29, 1.82) is 0 Å². The maximum atomic E-state index is 5.07. The molecule has 1 fully saturated rings. The Bertz CT molecular complexity index is 1440. The number of piperazine rings is 1. The molecule has 184 valence electrons. The zero-order valence-electron chi connectivity index (χ0n) is 21.6. The number of benzene rings is 1. The van der Waals surface area contributed by atoms with Gasteiger partial charge in [0.05, 0.1) is 40.6 Å². The van der Waals surface area contributed by atoms with Gasteiger partial charge in [0.1, 0.15) is 5.82 Å². The van der Waals surface area contributed by atoms with Crippen LogP contribution < -0.4 is 4.90 Å². The molecular weight excluding hydrogens is 446 g/mol. The fraction of sp³-hybridized carbons (Fsp3) is 0.379. The summed E-state index contributed by atoms with van der Waals surface area (Å²) in [5, 5.41) is 0. The largest absolute Gasteiger partial charge is 0.354 e. The van der Waals surface area contributed by atoms with Gasteiger partial charge in [-0.05, 0) is 57.1 Å². The number of nitrogens with zero attached hydrogens (tertiary/aromatic N) is 7. The molecule has 2 aliphatic rings. The van der Waals surface area contributed by atoms with Crippen molar-refractivity contribution >= 4 is 22.4 Å². The summed E-state index contributed by atoms with van der Waals surface area (Å²) in [6, 6.07) is 10.7. The number of pyridine rings is 1. The molecule has 0 radical (unpaired) electrons. The van der Waals surface area contributed by atoms with Crippen LogP contribution in [0.5, 0.6) is 0 Å². The third-order valence-corrected chi connectivity index (χ3v) is 7.37. The van der Waals surface area contributed by atoms with E-state index in [0.29, 0.717) is 0 Å². The van der Waals surface area contributed by atoms with Crippen LogP contribution in [0.3, 0.4) is 0 Å². The molecule has 0 bridgehead atoms. The van der Waals surface area contributed by atoms with Gasteiger partial charge in [-0.2, -0.15) is 0 Å². The first kappa shape index (κ1) is 22.9. The van der Waals surface area contributed by atoms with Gasteiger partial charge in [-0.1, -0.05) is 19.1 Å². The summed E-state index contributed by atoms with van der Waals surface area (Å²) in [5.41, 5.74) is 8.24. The summed E-state index contributed by atoms with van der Waals surface area (Å²) in [4.78, 5) is 24.1. The topological polar surface area (TPSA) is 63.0 Å². The highest BCUT2D eigenvalue weighted by Crippen LogP contribution is 2.34. The summed E-state index contributed by atoms with van der Waals surface area (Å²) < 4.78 is 2.24. The third-order valence-electron chi connectivity index (χ3n) is 7.37. The summed E-state index contributed by atoms with van der Waals surface area (Å²) in [6.45, 7) is 14.2. The van der Waals surface area contributed by atoms with Crippen LogP contribution >= 0.6 is 0 Å². The van der Waals surface area contributed by atoms with E-state index in [0.717, 1.165) is 89.8 Å². The Hall–Kier alpha value is -3.58. The molecule has 0 atom stereocenters. The Balaban J connectivity index is 1.28. The number of hydrogen-bond donors (Lipinski definition) is 0. The highest BCUT2D eigenvalue weighted by Gasteiger charge is 2.22. The zero-order valence-corrected chi connectivity index (χ0v) is 21.6. The molecule has 0 saturated carbocycles. The number of fused-ring (bicyclic) bond motifs is 2. The normalized spacial score (nSPS) is 16.4. The van der Waals surface area contributed by atoms with Crippen LogP contribution in [0.2, 0.25) is 0 Å². The SMILES string of the molecule is CCN1CCN(c2ccc(-c3cnc4c(n3)C(c3ccc5ncn(C(C)(C)C)c5c3)=CC4)cn2)CC1. The smallest absolute Gasteiger partial charge is 0.128 e. The molecule has 1 saturated heterocycles. The molecule has 1 aliphatic carbocycles. The van der Waals surface area contributed by atoms with E-state index in [9.17, 15) is 0 Å². The zero-order chi connectivity index (χ0) is 24.9. The monoisotopic (exact) mass is 479 g/mol. The Morgan fingerprint density at radius 3 is 2.42 bits per heavy atom. The second kappa shape index (κ2) is 8.82. The van der Waals surface area contributed by atoms with Gasteiger partial charge in [-0.15, -0.1) is 0 Å². The van der Waals surface area contributed by atoms with Crippen molar-refractivity contribution in [2.75, 3.05) is 37.6 Å². The number of anilines is 1. The molecule has 0 N–H and O–H groups in total. The maximum Gasteiger partial charge on any atom is 0.128 e. The number of rotatable bonds is 4. The molecule has 6 rings (SSSR count). The number of allylic oxidation sites excluding steroid dienone is 1. The van der Waals surface area contributed by atoms with Crippen molar-refractivity contribution in [2.24, 2.45) is 0 Å². The first-order valence-corrected chi connectivity index (χ1v) is 12.9. The second-order valence-electron chi connectivity index (χ2n) is 10.7. The standard InChI is InChI=1S/C29H33N7/c1-5-34-12-14-35(15-13-34)27-11-7-21(17-31-27)25-18-30-24-10-8-22(28(24)33-25)20-6-9-23-26(16-20)36(19-32-23)29(2,3)4/h6-9,11,16-19H,5,10,12-15H2,1-4H3. The van der Waals surface area contributed by atoms with Crippen LogP contribution in [0.4, 0.5) is 5.82 Å². The highest BCUT2D eigenvalue weighted by molar-refractivity contribution is 5.88. The van der Waals surface area contributed by atoms with E-state index in [4.69, 9.17) is 15.0 Å². The molecule has 0 amide bonds. The lowest BCUT2D eigenvalue weighted by Gasteiger charge is -2.34. The molecule has 4 aromatic rings. The lowest BCUT2D eigenvalue weighted by Crippen LogP contribution is -2.46. The second-order valence-corrected chi connectivity index (χ2v) is 10.7. The lowest BCUT2D eigenvalue weighted by atomic mass is 10.0. The van der Waals surface area contributed by atoms with Gasteiger partial charge in [0.2, 0.25) is 0 Å². The van der Waals surface area contributed by atoms with Crippen LogP contribution in [0.1, 0.15) is 44.6 Å². The van der Waals surface area contributed by atoms with Gasteiger partial charge >= 0.3 is 0 Å². The minimum Gasteiger partial charge on any atom is -0.354 e. The molecule has 1 aromatic carbocycles. The predicted octanol–water partition coefficient (Wildman–Crippen LogP) is 4.77. The number of imidazole rings is 1. The quantitative estimate of drug-likeness (QED) is 0.420. The van der Waals surface area contributed by atoms with Crippen LogP contribution in [-0.4, -0.2) is 62.1 Å². The molecule has 1 aliphatic heterocycles. The lowest BCUT2D eigenvalue weighted by molar-refractivity contribution is 0.270. The first-order chi connectivity index (χ1) is 17.4. The number of aromatic nitrogens is 5.